The third-order valence-electron chi connectivity index (χ3n) is 3.20. The molecule has 2 N–H and O–H groups in total. The van der Waals surface area contributed by atoms with E-state index in [1.54, 1.807) is 0 Å². The van der Waals surface area contributed by atoms with Gasteiger partial charge in [-0.05, 0) is 12.8 Å². The van der Waals surface area contributed by atoms with Crippen molar-refractivity contribution in [3.05, 3.63) is 16.1 Å². The van der Waals surface area contributed by atoms with Gasteiger partial charge in [0, 0.05) is 10.8 Å². The lowest BCUT2D eigenvalue weighted by Gasteiger charge is -2.06. The maximum atomic E-state index is 11.7. The number of nitrogens with one attached hydrogen (secondary N) is 1. The van der Waals surface area contributed by atoms with Crippen molar-refractivity contribution in [1.29, 1.82) is 0 Å². The van der Waals surface area contributed by atoms with E-state index in [9.17, 15) is 14.4 Å². The average Bonchev–Trinajstić information content (AvgIpc) is 2.93. The molecule has 102 valence electrons. The van der Waals surface area contributed by atoms with Crippen LogP contribution < -0.4 is 5.32 Å². The number of aromatic carboxylic acids is 1. The van der Waals surface area contributed by atoms with E-state index in [4.69, 9.17) is 5.11 Å². The van der Waals surface area contributed by atoms with Gasteiger partial charge >= 0.3 is 5.97 Å². The van der Waals surface area contributed by atoms with Crippen LogP contribution in [0.25, 0.3) is 0 Å². The highest BCUT2D eigenvalue weighted by Gasteiger charge is 2.44. The first-order valence-electron chi connectivity index (χ1n) is 5.88. The zero-order chi connectivity index (χ0) is 14.0. The second-order valence-electron chi connectivity index (χ2n) is 4.87. The van der Waals surface area contributed by atoms with Crippen LogP contribution in [0.4, 0.5) is 0 Å². The number of carboxylic acids is 1. The SMILES string of the molecule is CC1(C(=O)CC(=O)NCc2nc(C(=O)O)cs2)CC1. The van der Waals surface area contributed by atoms with Gasteiger partial charge in [-0.1, -0.05) is 6.92 Å². The van der Waals surface area contributed by atoms with Gasteiger partial charge in [0.15, 0.2) is 5.69 Å². The number of aromatic nitrogens is 1. The fourth-order valence-corrected chi connectivity index (χ4v) is 2.26. The molecular formula is C12H14N2O4S. The maximum absolute atomic E-state index is 11.7. The van der Waals surface area contributed by atoms with E-state index in [2.05, 4.69) is 10.3 Å². The molecule has 19 heavy (non-hydrogen) atoms. The molecule has 2 rings (SSSR count). The molecule has 0 bridgehead atoms. The van der Waals surface area contributed by atoms with Gasteiger partial charge < -0.3 is 10.4 Å². The number of amides is 1. The molecule has 0 spiro atoms. The molecule has 0 radical (unpaired) electrons. The van der Waals surface area contributed by atoms with E-state index in [0.29, 0.717) is 5.01 Å². The van der Waals surface area contributed by atoms with E-state index >= 15 is 0 Å². The zero-order valence-corrected chi connectivity index (χ0v) is 11.2. The normalized spacial score (nSPS) is 15.8. The van der Waals surface area contributed by atoms with Gasteiger partial charge in [-0.3, -0.25) is 9.59 Å². The second-order valence-corrected chi connectivity index (χ2v) is 5.81. The number of carbonyl (C=O) groups excluding carboxylic acids is 2. The molecule has 0 atom stereocenters. The van der Waals surface area contributed by atoms with Gasteiger partial charge in [-0.25, -0.2) is 9.78 Å². The van der Waals surface area contributed by atoms with Gasteiger partial charge in [-0.15, -0.1) is 11.3 Å². The third-order valence-corrected chi connectivity index (χ3v) is 4.05. The topological polar surface area (TPSA) is 96.4 Å². The van der Waals surface area contributed by atoms with Gasteiger partial charge in [-0.2, -0.15) is 0 Å². The molecule has 0 aromatic carbocycles. The number of rotatable bonds is 6. The van der Waals surface area contributed by atoms with E-state index < -0.39 is 5.97 Å². The molecule has 6 nitrogen and oxygen atoms in total. The highest BCUT2D eigenvalue weighted by Crippen LogP contribution is 2.46. The zero-order valence-electron chi connectivity index (χ0n) is 10.4. The van der Waals surface area contributed by atoms with E-state index in [0.717, 1.165) is 12.8 Å². The number of Topliss-reactive ketones (excluding diaryl/α,β-unsaturated/α-hetero) is 1. The Morgan fingerprint density at radius 2 is 2.16 bits per heavy atom. The maximum Gasteiger partial charge on any atom is 0.355 e. The minimum atomic E-state index is -1.09. The molecule has 1 amide bonds. The van der Waals surface area contributed by atoms with Crippen molar-refractivity contribution >= 4 is 29.0 Å². The van der Waals surface area contributed by atoms with Crippen LogP contribution in [-0.4, -0.2) is 27.8 Å². The van der Waals surface area contributed by atoms with Crippen molar-refractivity contribution in [2.45, 2.75) is 32.7 Å². The quantitative estimate of drug-likeness (QED) is 0.765. The summed E-state index contributed by atoms with van der Waals surface area (Å²) in [5.74, 6) is -1.47. The van der Waals surface area contributed by atoms with Crippen LogP contribution in [0.15, 0.2) is 5.38 Å². The number of carbonyl (C=O) groups is 3. The largest absolute Gasteiger partial charge is 0.476 e. The van der Waals surface area contributed by atoms with Crippen LogP contribution >= 0.6 is 11.3 Å². The fourth-order valence-electron chi connectivity index (χ4n) is 1.55. The summed E-state index contributed by atoms with van der Waals surface area (Å²) < 4.78 is 0. The first kappa shape index (κ1) is 13.7. The molecule has 7 heteroatoms. The number of hydrogen-bond acceptors (Lipinski definition) is 5. The number of thiazole rings is 1. The van der Waals surface area contributed by atoms with E-state index in [1.165, 1.54) is 16.7 Å². The number of nitrogens with zero attached hydrogens (tertiary/aromatic N) is 1. The molecule has 1 fully saturated rings. The Bertz CT molecular complexity index is 534. The summed E-state index contributed by atoms with van der Waals surface area (Å²) in [5, 5.41) is 13.2. The Hall–Kier alpha value is -1.76. The monoisotopic (exact) mass is 282 g/mol. The molecule has 0 saturated heterocycles. The molecule has 1 aliphatic rings. The third kappa shape index (κ3) is 3.37. The Kier molecular flexibility index (Phi) is 3.66. The van der Waals surface area contributed by atoms with E-state index in [-0.39, 0.29) is 35.8 Å². The summed E-state index contributed by atoms with van der Waals surface area (Å²) in [4.78, 5) is 37.7. The highest BCUT2D eigenvalue weighted by molar-refractivity contribution is 7.09. The van der Waals surface area contributed by atoms with Gasteiger partial charge in [0.2, 0.25) is 5.91 Å². The van der Waals surface area contributed by atoms with Crippen molar-refractivity contribution in [1.82, 2.24) is 10.3 Å². The summed E-state index contributed by atoms with van der Waals surface area (Å²) in [6.07, 6.45) is 1.59. The summed E-state index contributed by atoms with van der Waals surface area (Å²) in [7, 11) is 0. The first-order chi connectivity index (χ1) is 8.90. The number of ketones is 1. The van der Waals surface area contributed by atoms with Crippen LogP contribution in [-0.2, 0) is 16.1 Å². The van der Waals surface area contributed by atoms with Crippen LogP contribution in [0.2, 0.25) is 0 Å². The van der Waals surface area contributed by atoms with Crippen molar-refractivity contribution in [3.63, 3.8) is 0 Å². The molecule has 0 unspecified atom stereocenters. The molecule has 0 aliphatic heterocycles. The highest BCUT2D eigenvalue weighted by atomic mass is 32.1. The number of hydrogen-bond donors (Lipinski definition) is 2. The Labute approximate surface area is 113 Å². The molecular weight excluding hydrogens is 268 g/mol. The molecule has 1 heterocycles. The summed E-state index contributed by atoms with van der Waals surface area (Å²) in [6, 6.07) is 0. The smallest absolute Gasteiger partial charge is 0.355 e. The number of carboxylic acid groups (broad SMARTS) is 1. The second kappa shape index (κ2) is 5.08. The lowest BCUT2D eigenvalue weighted by molar-refractivity contribution is -0.130. The molecule has 1 aromatic rings. The standard InChI is InChI=1S/C12H14N2O4S/c1-12(2-3-12)8(15)4-9(16)13-5-10-14-7(6-19-10)11(17)18/h6H,2-5H2,1H3,(H,13,16)(H,17,18). The minimum Gasteiger partial charge on any atom is -0.476 e. The molecule has 1 saturated carbocycles. The van der Waals surface area contributed by atoms with Crippen molar-refractivity contribution in [2.24, 2.45) is 5.41 Å². The summed E-state index contributed by atoms with van der Waals surface area (Å²) >= 11 is 1.17. The van der Waals surface area contributed by atoms with Crippen LogP contribution in [0.3, 0.4) is 0 Å². The van der Waals surface area contributed by atoms with Gasteiger partial charge in [0.05, 0.1) is 13.0 Å². The minimum absolute atomic E-state index is 0.0317. The van der Waals surface area contributed by atoms with Crippen LogP contribution in [0, 0.1) is 5.41 Å². The Balaban J connectivity index is 1.79. The van der Waals surface area contributed by atoms with Crippen LogP contribution in [0.1, 0.15) is 41.7 Å². The molecule has 1 aromatic heterocycles. The Morgan fingerprint density at radius 3 is 2.68 bits per heavy atom. The van der Waals surface area contributed by atoms with Gasteiger partial charge in [0.1, 0.15) is 10.8 Å². The van der Waals surface area contributed by atoms with Crippen LogP contribution in [0.5, 0.6) is 0 Å². The lowest BCUT2D eigenvalue weighted by Crippen LogP contribution is -2.27. The van der Waals surface area contributed by atoms with Gasteiger partial charge in [0.25, 0.3) is 0 Å². The fraction of sp³-hybridized carbons (Fsp3) is 0.500. The van der Waals surface area contributed by atoms with E-state index in [1.807, 2.05) is 6.92 Å². The lowest BCUT2D eigenvalue weighted by atomic mass is 10.0. The predicted octanol–water partition coefficient (Wildman–Crippen LogP) is 1.22. The first-order valence-corrected chi connectivity index (χ1v) is 6.76. The van der Waals surface area contributed by atoms with Crippen molar-refractivity contribution in [3.8, 4) is 0 Å². The summed E-state index contributed by atoms with van der Waals surface area (Å²) in [6.45, 7) is 2.02. The Morgan fingerprint density at radius 1 is 1.47 bits per heavy atom. The molecule has 1 aliphatic carbocycles. The van der Waals surface area contributed by atoms with Crippen molar-refractivity contribution < 1.29 is 19.5 Å². The average molecular weight is 282 g/mol. The predicted molar refractivity (Wildman–Crippen MR) is 67.9 cm³/mol. The summed E-state index contributed by atoms with van der Waals surface area (Å²) in [5.41, 5.74) is -0.328. The van der Waals surface area contributed by atoms with Crippen molar-refractivity contribution in [2.75, 3.05) is 0 Å².